The average Bonchev–Trinajstić information content (AvgIpc) is 3.39. The molecule has 1 saturated heterocycles. The highest BCUT2D eigenvalue weighted by molar-refractivity contribution is 7.99. The second-order valence-electron chi connectivity index (χ2n) is 9.27. The first kappa shape index (κ1) is 22.0. The van der Waals surface area contributed by atoms with Crippen LogP contribution in [0.4, 0.5) is 0 Å². The molecule has 31 heavy (non-hydrogen) atoms. The standard InChI is InChI=1S/C23H32N6OS/c1-17(20-24-21(27-30-20)23(2,3)4)31-22-26-25-19(16-28-13-9-6-10-14-28)29(22)15-18-11-7-5-8-12-18/h5,7-8,11-12,17H,6,9-10,13-16H2,1-4H3/t17-/m1/s1. The van der Waals surface area contributed by atoms with Crippen molar-refractivity contribution in [3.63, 3.8) is 0 Å². The van der Waals surface area contributed by atoms with Crippen molar-refractivity contribution < 1.29 is 4.52 Å². The van der Waals surface area contributed by atoms with Gasteiger partial charge in [-0.15, -0.1) is 10.2 Å². The summed E-state index contributed by atoms with van der Waals surface area (Å²) in [5, 5.41) is 14.2. The first-order valence-corrected chi connectivity index (χ1v) is 12.0. The molecule has 8 heteroatoms. The molecule has 3 aromatic rings. The van der Waals surface area contributed by atoms with E-state index in [0.717, 1.165) is 43.0 Å². The zero-order valence-electron chi connectivity index (χ0n) is 18.9. The predicted molar refractivity (Wildman–Crippen MR) is 122 cm³/mol. The van der Waals surface area contributed by atoms with E-state index in [9.17, 15) is 0 Å². The van der Waals surface area contributed by atoms with Crippen LogP contribution in [0.15, 0.2) is 40.0 Å². The van der Waals surface area contributed by atoms with E-state index in [1.165, 1.54) is 24.8 Å². The lowest BCUT2D eigenvalue weighted by atomic mass is 9.96. The molecular formula is C23H32N6OS. The van der Waals surface area contributed by atoms with Crippen LogP contribution in [-0.2, 0) is 18.5 Å². The van der Waals surface area contributed by atoms with Crippen LogP contribution < -0.4 is 0 Å². The normalized spacial score (nSPS) is 16.5. The summed E-state index contributed by atoms with van der Waals surface area (Å²) in [4.78, 5) is 7.11. The van der Waals surface area contributed by atoms with Gasteiger partial charge in [-0.1, -0.05) is 74.4 Å². The van der Waals surface area contributed by atoms with E-state index in [-0.39, 0.29) is 10.7 Å². The number of hydrogen-bond acceptors (Lipinski definition) is 7. The minimum atomic E-state index is -0.138. The lowest BCUT2D eigenvalue weighted by Crippen LogP contribution is -2.30. The molecule has 0 amide bonds. The third-order valence-electron chi connectivity index (χ3n) is 5.53. The SMILES string of the molecule is C[C@@H](Sc1nnc(CN2CCCCC2)n1Cc1ccccc1)c1nc(C(C)(C)C)no1. The van der Waals surface area contributed by atoms with Crippen LogP contribution in [-0.4, -0.2) is 42.9 Å². The van der Waals surface area contributed by atoms with Crippen molar-refractivity contribution in [3.8, 4) is 0 Å². The Morgan fingerprint density at radius 3 is 2.45 bits per heavy atom. The zero-order valence-corrected chi connectivity index (χ0v) is 19.7. The highest BCUT2D eigenvalue weighted by atomic mass is 32.2. The van der Waals surface area contributed by atoms with Crippen LogP contribution in [0.25, 0.3) is 0 Å². The second-order valence-corrected chi connectivity index (χ2v) is 10.6. The van der Waals surface area contributed by atoms with Gasteiger partial charge in [0.25, 0.3) is 0 Å². The summed E-state index contributed by atoms with van der Waals surface area (Å²) in [6, 6.07) is 10.5. The van der Waals surface area contributed by atoms with Gasteiger partial charge in [0, 0.05) is 5.41 Å². The average molecular weight is 441 g/mol. The molecule has 1 atom stereocenters. The first-order valence-electron chi connectivity index (χ1n) is 11.1. The molecule has 1 fully saturated rings. The Morgan fingerprint density at radius 2 is 1.77 bits per heavy atom. The molecule has 0 bridgehead atoms. The largest absolute Gasteiger partial charge is 0.338 e. The van der Waals surface area contributed by atoms with Gasteiger partial charge in [-0.05, 0) is 38.4 Å². The molecule has 4 rings (SSSR count). The van der Waals surface area contributed by atoms with Crippen molar-refractivity contribution in [2.75, 3.05) is 13.1 Å². The molecule has 7 nitrogen and oxygen atoms in total. The number of hydrogen-bond donors (Lipinski definition) is 0. The maximum Gasteiger partial charge on any atom is 0.239 e. The van der Waals surface area contributed by atoms with Gasteiger partial charge in [-0.2, -0.15) is 4.98 Å². The van der Waals surface area contributed by atoms with Crippen LogP contribution >= 0.6 is 11.8 Å². The minimum absolute atomic E-state index is 0.00911. The Bertz CT molecular complexity index is 972. The highest BCUT2D eigenvalue weighted by Gasteiger charge is 2.25. The Hall–Kier alpha value is -2.19. The first-order chi connectivity index (χ1) is 14.9. The Labute approximate surface area is 188 Å². The van der Waals surface area contributed by atoms with Crippen molar-refractivity contribution in [1.29, 1.82) is 0 Å². The van der Waals surface area contributed by atoms with Crippen LogP contribution in [0, 0.1) is 0 Å². The van der Waals surface area contributed by atoms with Gasteiger partial charge in [0.1, 0.15) is 5.82 Å². The summed E-state index contributed by atoms with van der Waals surface area (Å²) in [6.45, 7) is 12.2. The lowest BCUT2D eigenvalue weighted by molar-refractivity contribution is 0.213. The lowest BCUT2D eigenvalue weighted by Gasteiger charge is -2.26. The Morgan fingerprint density at radius 1 is 1.03 bits per heavy atom. The fourth-order valence-electron chi connectivity index (χ4n) is 3.68. The predicted octanol–water partition coefficient (Wildman–Crippen LogP) is 4.85. The molecule has 3 heterocycles. The molecular weight excluding hydrogens is 408 g/mol. The molecule has 166 valence electrons. The van der Waals surface area contributed by atoms with E-state index in [1.807, 2.05) is 6.07 Å². The molecule has 1 aliphatic rings. The third kappa shape index (κ3) is 5.54. The van der Waals surface area contributed by atoms with E-state index in [2.05, 4.69) is 81.8 Å². The molecule has 1 aliphatic heterocycles. The number of aromatic nitrogens is 5. The van der Waals surface area contributed by atoms with Gasteiger partial charge in [0.15, 0.2) is 11.0 Å². The fraction of sp³-hybridized carbons (Fsp3) is 0.565. The molecule has 0 aliphatic carbocycles. The summed E-state index contributed by atoms with van der Waals surface area (Å²) in [6.07, 6.45) is 3.85. The molecule has 2 aromatic heterocycles. The van der Waals surface area contributed by atoms with Crippen LogP contribution in [0.5, 0.6) is 0 Å². The summed E-state index contributed by atoms with van der Waals surface area (Å²) in [5.74, 6) is 2.37. The summed E-state index contributed by atoms with van der Waals surface area (Å²) in [5.41, 5.74) is 1.10. The van der Waals surface area contributed by atoms with Gasteiger partial charge < -0.3 is 9.09 Å². The number of nitrogens with zero attached hydrogens (tertiary/aromatic N) is 6. The van der Waals surface area contributed by atoms with E-state index in [1.54, 1.807) is 11.8 Å². The molecule has 0 unspecified atom stereocenters. The van der Waals surface area contributed by atoms with Gasteiger partial charge in [-0.3, -0.25) is 4.90 Å². The monoisotopic (exact) mass is 440 g/mol. The van der Waals surface area contributed by atoms with E-state index in [0.29, 0.717) is 5.89 Å². The Kier molecular flexibility index (Phi) is 6.77. The maximum atomic E-state index is 5.56. The molecule has 0 radical (unpaired) electrons. The molecule has 0 saturated carbocycles. The summed E-state index contributed by atoms with van der Waals surface area (Å²) in [7, 11) is 0. The molecule has 1 aromatic carbocycles. The van der Waals surface area contributed by atoms with Gasteiger partial charge >= 0.3 is 0 Å². The Balaban J connectivity index is 1.56. The van der Waals surface area contributed by atoms with Crippen LogP contribution in [0.1, 0.15) is 75.3 Å². The second kappa shape index (κ2) is 9.53. The van der Waals surface area contributed by atoms with Crippen molar-refractivity contribution in [2.24, 2.45) is 0 Å². The summed E-state index contributed by atoms with van der Waals surface area (Å²) >= 11 is 1.62. The smallest absolute Gasteiger partial charge is 0.239 e. The van der Waals surface area contributed by atoms with Gasteiger partial charge in [-0.25, -0.2) is 0 Å². The topological polar surface area (TPSA) is 72.9 Å². The van der Waals surface area contributed by atoms with Crippen molar-refractivity contribution >= 4 is 11.8 Å². The quantitative estimate of drug-likeness (QED) is 0.486. The number of likely N-dealkylation sites (tertiary alicyclic amines) is 1. The van der Waals surface area contributed by atoms with Crippen molar-refractivity contribution in [1.82, 2.24) is 29.8 Å². The zero-order chi connectivity index (χ0) is 21.8. The number of rotatable bonds is 7. The van der Waals surface area contributed by atoms with E-state index >= 15 is 0 Å². The van der Waals surface area contributed by atoms with Crippen LogP contribution in [0.2, 0.25) is 0 Å². The van der Waals surface area contributed by atoms with E-state index in [4.69, 9.17) is 4.52 Å². The van der Waals surface area contributed by atoms with Gasteiger partial charge in [0.2, 0.25) is 5.89 Å². The highest BCUT2D eigenvalue weighted by Crippen LogP contribution is 2.34. The summed E-state index contributed by atoms with van der Waals surface area (Å²) < 4.78 is 7.81. The van der Waals surface area contributed by atoms with Gasteiger partial charge in [0.05, 0.1) is 18.3 Å². The number of benzene rings is 1. The number of thioether (sulfide) groups is 1. The van der Waals surface area contributed by atoms with Crippen LogP contribution in [0.3, 0.4) is 0 Å². The third-order valence-corrected chi connectivity index (χ3v) is 6.60. The minimum Gasteiger partial charge on any atom is -0.338 e. The van der Waals surface area contributed by atoms with Crippen molar-refractivity contribution in [2.45, 2.75) is 75.9 Å². The molecule has 0 N–H and O–H groups in total. The number of piperidine rings is 1. The maximum absolute atomic E-state index is 5.56. The van der Waals surface area contributed by atoms with E-state index < -0.39 is 0 Å². The fourth-order valence-corrected chi connectivity index (χ4v) is 4.58. The van der Waals surface area contributed by atoms with Crippen molar-refractivity contribution in [3.05, 3.63) is 53.4 Å². The molecule has 0 spiro atoms.